The summed E-state index contributed by atoms with van der Waals surface area (Å²) in [5.74, 6) is -0.329. The Kier molecular flexibility index (Phi) is 4.37. The first-order valence-electron chi connectivity index (χ1n) is 3.09. The van der Waals surface area contributed by atoms with Crippen LogP contribution >= 0.6 is 0 Å². The second-order valence-electron chi connectivity index (χ2n) is 1.76. The van der Waals surface area contributed by atoms with Crippen molar-refractivity contribution in [3.8, 4) is 0 Å². The van der Waals surface area contributed by atoms with E-state index < -0.39 is 0 Å². The number of hydrogen-bond acceptors (Lipinski definition) is 3. The van der Waals surface area contributed by atoms with E-state index in [-0.39, 0.29) is 5.97 Å². The molecule has 3 heteroatoms. The van der Waals surface area contributed by atoms with Crippen molar-refractivity contribution < 1.29 is 14.3 Å². The number of rotatable bonds is 3. The van der Waals surface area contributed by atoms with Crippen LogP contribution in [-0.4, -0.2) is 19.7 Å². The van der Waals surface area contributed by atoms with E-state index in [1.807, 2.05) is 0 Å². The molecule has 0 saturated heterocycles. The Labute approximate surface area is 60.6 Å². The zero-order valence-corrected chi connectivity index (χ0v) is 6.51. The standard InChI is InChI=1S/C7H12O3/c1-4-10-7(8)6(2)5-9-3/h5H,4H2,1-3H3/b6-5+. The lowest BCUT2D eigenvalue weighted by Crippen LogP contribution is -2.05. The van der Waals surface area contributed by atoms with Crippen molar-refractivity contribution in [1.82, 2.24) is 0 Å². The summed E-state index contributed by atoms with van der Waals surface area (Å²) in [6, 6.07) is 0. The van der Waals surface area contributed by atoms with Gasteiger partial charge in [-0.05, 0) is 13.8 Å². The molecule has 0 aromatic rings. The molecule has 0 radical (unpaired) electrons. The molecular weight excluding hydrogens is 132 g/mol. The number of carbonyl (C=O) groups is 1. The fraction of sp³-hybridized carbons (Fsp3) is 0.571. The first-order chi connectivity index (χ1) is 4.72. The van der Waals surface area contributed by atoms with Gasteiger partial charge in [0, 0.05) is 0 Å². The Morgan fingerprint density at radius 1 is 1.60 bits per heavy atom. The predicted molar refractivity (Wildman–Crippen MR) is 37.4 cm³/mol. The lowest BCUT2D eigenvalue weighted by molar-refractivity contribution is -0.138. The minimum absolute atomic E-state index is 0.329. The van der Waals surface area contributed by atoms with E-state index in [9.17, 15) is 4.79 Å². The van der Waals surface area contributed by atoms with E-state index in [2.05, 4.69) is 9.47 Å². The van der Waals surface area contributed by atoms with E-state index in [1.54, 1.807) is 13.8 Å². The van der Waals surface area contributed by atoms with Gasteiger partial charge < -0.3 is 9.47 Å². The van der Waals surface area contributed by atoms with Crippen molar-refractivity contribution in [2.45, 2.75) is 13.8 Å². The molecule has 0 amide bonds. The first kappa shape index (κ1) is 9.01. The summed E-state index contributed by atoms with van der Waals surface area (Å²) in [7, 11) is 1.49. The molecule has 0 bridgehead atoms. The van der Waals surface area contributed by atoms with Crippen molar-refractivity contribution in [2.75, 3.05) is 13.7 Å². The molecule has 0 rings (SSSR count). The highest BCUT2D eigenvalue weighted by Gasteiger charge is 2.02. The third-order valence-corrected chi connectivity index (χ3v) is 0.892. The molecule has 0 aliphatic rings. The molecule has 0 fully saturated rings. The van der Waals surface area contributed by atoms with Gasteiger partial charge in [-0.1, -0.05) is 0 Å². The molecule has 3 nitrogen and oxygen atoms in total. The normalized spacial score (nSPS) is 10.9. The Morgan fingerprint density at radius 3 is 2.60 bits per heavy atom. The predicted octanol–water partition coefficient (Wildman–Crippen LogP) is 1.10. The van der Waals surface area contributed by atoms with E-state index >= 15 is 0 Å². The van der Waals surface area contributed by atoms with Crippen molar-refractivity contribution >= 4 is 5.97 Å². The van der Waals surface area contributed by atoms with Crippen LogP contribution in [0.25, 0.3) is 0 Å². The van der Waals surface area contributed by atoms with Gasteiger partial charge in [-0.2, -0.15) is 0 Å². The van der Waals surface area contributed by atoms with Crippen LogP contribution in [0, 0.1) is 0 Å². The fourth-order valence-electron chi connectivity index (χ4n) is 0.470. The highest BCUT2D eigenvalue weighted by atomic mass is 16.5. The number of hydrogen-bond donors (Lipinski definition) is 0. The lowest BCUT2D eigenvalue weighted by Gasteiger charge is -1.99. The van der Waals surface area contributed by atoms with Gasteiger partial charge in [0.05, 0.1) is 25.6 Å². The molecule has 58 valence electrons. The van der Waals surface area contributed by atoms with Gasteiger partial charge in [-0.3, -0.25) is 0 Å². The molecule has 0 atom stereocenters. The van der Waals surface area contributed by atoms with Crippen LogP contribution in [0.15, 0.2) is 11.8 Å². The summed E-state index contributed by atoms with van der Waals surface area (Å²) >= 11 is 0. The minimum atomic E-state index is -0.329. The quantitative estimate of drug-likeness (QED) is 0.338. The maximum Gasteiger partial charge on any atom is 0.336 e. The van der Waals surface area contributed by atoms with E-state index in [0.29, 0.717) is 12.2 Å². The Morgan fingerprint density at radius 2 is 2.20 bits per heavy atom. The highest BCUT2D eigenvalue weighted by molar-refractivity contribution is 5.87. The summed E-state index contributed by atoms with van der Waals surface area (Å²) in [6.07, 6.45) is 1.36. The zero-order chi connectivity index (χ0) is 7.98. The van der Waals surface area contributed by atoms with Gasteiger partial charge >= 0.3 is 5.97 Å². The summed E-state index contributed by atoms with van der Waals surface area (Å²) < 4.78 is 9.28. The molecule has 0 unspecified atom stereocenters. The smallest absolute Gasteiger partial charge is 0.336 e. The average molecular weight is 144 g/mol. The van der Waals surface area contributed by atoms with Gasteiger partial charge in [-0.25, -0.2) is 4.79 Å². The van der Waals surface area contributed by atoms with E-state index in [4.69, 9.17) is 0 Å². The van der Waals surface area contributed by atoms with Gasteiger partial charge in [-0.15, -0.1) is 0 Å². The molecular formula is C7H12O3. The van der Waals surface area contributed by atoms with Crippen LogP contribution < -0.4 is 0 Å². The summed E-state index contributed by atoms with van der Waals surface area (Å²) in [4.78, 5) is 10.8. The number of ether oxygens (including phenoxy) is 2. The van der Waals surface area contributed by atoms with Gasteiger partial charge in [0.1, 0.15) is 0 Å². The van der Waals surface area contributed by atoms with Crippen LogP contribution in [0.1, 0.15) is 13.8 Å². The van der Waals surface area contributed by atoms with Crippen LogP contribution in [0.3, 0.4) is 0 Å². The topological polar surface area (TPSA) is 35.5 Å². The third-order valence-electron chi connectivity index (χ3n) is 0.892. The second-order valence-corrected chi connectivity index (χ2v) is 1.76. The van der Waals surface area contributed by atoms with Gasteiger partial charge in [0.2, 0.25) is 0 Å². The van der Waals surface area contributed by atoms with E-state index in [1.165, 1.54) is 13.4 Å². The maximum atomic E-state index is 10.8. The van der Waals surface area contributed by atoms with Crippen molar-refractivity contribution in [3.05, 3.63) is 11.8 Å². The zero-order valence-electron chi connectivity index (χ0n) is 6.51. The van der Waals surface area contributed by atoms with Crippen LogP contribution in [0.5, 0.6) is 0 Å². The summed E-state index contributed by atoms with van der Waals surface area (Å²) in [5.41, 5.74) is 0.476. The molecule has 0 spiro atoms. The van der Waals surface area contributed by atoms with Gasteiger partial charge in [0.15, 0.2) is 0 Å². The molecule has 0 N–H and O–H groups in total. The monoisotopic (exact) mass is 144 g/mol. The molecule has 0 aromatic carbocycles. The largest absolute Gasteiger partial charge is 0.504 e. The van der Waals surface area contributed by atoms with Crippen molar-refractivity contribution in [3.63, 3.8) is 0 Å². The maximum absolute atomic E-state index is 10.8. The second kappa shape index (κ2) is 4.85. The third kappa shape index (κ3) is 3.12. The minimum Gasteiger partial charge on any atom is -0.504 e. The Balaban J connectivity index is 3.82. The first-order valence-corrected chi connectivity index (χ1v) is 3.09. The molecule has 0 heterocycles. The SMILES string of the molecule is CCOC(=O)/C(C)=C/OC. The number of esters is 1. The van der Waals surface area contributed by atoms with Crippen LogP contribution in [0.4, 0.5) is 0 Å². The summed E-state index contributed by atoms with van der Waals surface area (Å²) in [6.45, 7) is 3.80. The van der Waals surface area contributed by atoms with Crippen molar-refractivity contribution in [1.29, 1.82) is 0 Å². The number of methoxy groups -OCH3 is 1. The summed E-state index contributed by atoms with van der Waals surface area (Å²) in [5, 5.41) is 0. The average Bonchev–Trinajstić information content (AvgIpc) is 1.89. The van der Waals surface area contributed by atoms with Crippen LogP contribution in [-0.2, 0) is 14.3 Å². The number of carbonyl (C=O) groups excluding carboxylic acids is 1. The Hall–Kier alpha value is -0.990. The molecule has 0 aliphatic heterocycles. The Bertz CT molecular complexity index is 138. The molecule has 10 heavy (non-hydrogen) atoms. The van der Waals surface area contributed by atoms with Gasteiger partial charge in [0.25, 0.3) is 0 Å². The molecule has 0 saturated carbocycles. The van der Waals surface area contributed by atoms with E-state index in [0.717, 1.165) is 0 Å². The van der Waals surface area contributed by atoms with Crippen molar-refractivity contribution in [2.24, 2.45) is 0 Å². The van der Waals surface area contributed by atoms with Crippen LogP contribution in [0.2, 0.25) is 0 Å². The highest BCUT2D eigenvalue weighted by Crippen LogP contribution is 1.95. The lowest BCUT2D eigenvalue weighted by atomic mass is 10.3. The fourth-order valence-corrected chi connectivity index (χ4v) is 0.470. The molecule has 0 aromatic heterocycles. The molecule has 0 aliphatic carbocycles.